The average molecular weight is 230 g/mol. The van der Waals surface area contributed by atoms with E-state index in [1.807, 2.05) is 0 Å². The van der Waals surface area contributed by atoms with Crippen molar-refractivity contribution < 1.29 is 22.8 Å². The summed E-state index contributed by atoms with van der Waals surface area (Å²) in [4.78, 5) is 12.8. The zero-order chi connectivity index (χ0) is 12.3. The van der Waals surface area contributed by atoms with Crippen molar-refractivity contribution in [2.45, 2.75) is 0 Å². The first-order valence-corrected chi connectivity index (χ1v) is 3.98. The Morgan fingerprint density at radius 2 is 2.00 bits per heavy atom. The third-order valence-electron chi connectivity index (χ3n) is 1.73. The van der Waals surface area contributed by atoms with Crippen LogP contribution in [-0.4, -0.2) is 18.1 Å². The lowest BCUT2D eigenvalue weighted by Gasteiger charge is -2.15. The summed E-state index contributed by atoms with van der Waals surface area (Å²) in [6.45, 7) is -5.33. The van der Waals surface area contributed by atoms with Crippen molar-refractivity contribution in [1.82, 2.24) is 0 Å². The Bertz CT molecular complexity index is 462. The van der Waals surface area contributed by atoms with E-state index in [9.17, 15) is 17.7 Å². The maximum absolute atomic E-state index is 12.4. The number of carboxylic acids is 1. The zero-order valence-corrected chi connectivity index (χ0v) is 7.64. The predicted molar refractivity (Wildman–Crippen MR) is 50.9 cm³/mol. The highest BCUT2D eigenvalue weighted by Gasteiger charge is 2.26. The van der Waals surface area contributed by atoms with Gasteiger partial charge in [0.05, 0.1) is 5.56 Å². The van der Waals surface area contributed by atoms with Crippen LogP contribution >= 0.6 is 0 Å². The number of nitrogens with zero attached hydrogens (tertiary/aromatic N) is 3. The van der Waals surface area contributed by atoms with Gasteiger partial charge in [0.25, 0.3) is 0 Å². The molecule has 16 heavy (non-hydrogen) atoms. The first-order chi connectivity index (χ1) is 7.34. The molecule has 0 saturated carbocycles. The third kappa shape index (κ3) is 2.67. The number of rotatable bonds is 3. The molecule has 0 radical (unpaired) electrons. The monoisotopic (exact) mass is 230 g/mol. The number of azide groups is 1. The number of carboxylic acid groups (broad SMARTS) is 1. The van der Waals surface area contributed by atoms with Gasteiger partial charge in [0.15, 0.2) is 0 Å². The van der Waals surface area contributed by atoms with Gasteiger partial charge in [-0.3, -0.25) is 0 Å². The zero-order valence-electron chi connectivity index (χ0n) is 7.64. The molecule has 1 N–H and O–H groups in total. The van der Waals surface area contributed by atoms with E-state index in [2.05, 4.69) is 10.0 Å². The molecular formula is C7H4BF3N3O2-. The molecule has 1 rings (SSSR count). The molecule has 1 aromatic rings. The van der Waals surface area contributed by atoms with E-state index in [4.69, 9.17) is 10.6 Å². The van der Waals surface area contributed by atoms with Gasteiger partial charge in [-0.2, -0.15) is 0 Å². The minimum Gasteiger partial charge on any atom is -0.478 e. The van der Waals surface area contributed by atoms with E-state index in [1.54, 1.807) is 0 Å². The Morgan fingerprint density at radius 3 is 2.44 bits per heavy atom. The highest BCUT2D eigenvalue weighted by Crippen LogP contribution is 2.18. The molecule has 0 amide bonds. The minimum absolute atomic E-state index is 0.378. The van der Waals surface area contributed by atoms with E-state index in [1.165, 1.54) is 0 Å². The lowest BCUT2D eigenvalue weighted by Crippen LogP contribution is -2.34. The number of halogens is 3. The van der Waals surface area contributed by atoms with Crippen LogP contribution in [0.2, 0.25) is 0 Å². The van der Waals surface area contributed by atoms with Crippen LogP contribution in [0.3, 0.4) is 0 Å². The van der Waals surface area contributed by atoms with Crippen LogP contribution in [-0.2, 0) is 0 Å². The number of benzene rings is 1. The smallest absolute Gasteiger partial charge is 0.478 e. The summed E-state index contributed by atoms with van der Waals surface area (Å²) in [6.07, 6.45) is 0. The minimum atomic E-state index is -5.33. The van der Waals surface area contributed by atoms with Crippen molar-refractivity contribution in [3.8, 4) is 0 Å². The van der Waals surface area contributed by atoms with Gasteiger partial charge in [0.1, 0.15) is 0 Å². The Labute approximate surface area is 87.2 Å². The van der Waals surface area contributed by atoms with Crippen molar-refractivity contribution >= 4 is 24.1 Å². The molecule has 0 bridgehead atoms. The Kier molecular flexibility index (Phi) is 3.10. The van der Waals surface area contributed by atoms with Crippen LogP contribution in [0.25, 0.3) is 10.4 Å². The van der Waals surface area contributed by atoms with Crippen LogP contribution in [0.1, 0.15) is 10.4 Å². The summed E-state index contributed by atoms with van der Waals surface area (Å²) in [5.74, 6) is -1.52. The van der Waals surface area contributed by atoms with Gasteiger partial charge in [0.2, 0.25) is 0 Å². The third-order valence-corrected chi connectivity index (χ3v) is 1.73. The molecule has 0 aliphatic heterocycles. The maximum Gasteiger partial charge on any atom is 0.509 e. The van der Waals surface area contributed by atoms with Gasteiger partial charge in [0, 0.05) is 10.6 Å². The number of hydrogen-bond donors (Lipinski definition) is 1. The maximum atomic E-state index is 12.4. The number of aromatic carboxylic acids is 1. The highest BCUT2D eigenvalue weighted by atomic mass is 19.4. The Balaban J connectivity index is 3.41. The molecule has 0 saturated heterocycles. The Hall–Kier alpha value is -2.15. The van der Waals surface area contributed by atoms with Crippen molar-refractivity contribution in [2.75, 3.05) is 0 Å². The van der Waals surface area contributed by atoms with Crippen molar-refractivity contribution in [2.24, 2.45) is 5.11 Å². The summed E-state index contributed by atoms with van der Waals surface area (Å²) in [7, 11) is 0. The molecule has 1 aromatic carbocycles. The molecule has 0 spiro atoms. The van der Waals surface area contributed by atoms with Gasteiger partial charge >= 0.3 is 12.9 Å². The first kappa shape index (κ1) is 11.9. The predicted octanol–water partition coefficient (Wildman–Crippen LogP) is 2.38. The second-order valence-electron chi connectivity index (χ2n) is 2.88. The fourth-order valence-corrected chi connectivity index (χ4v) is 1.06. The molecule has 0 fully saturated rings. The molecule has 0 atom stereocenters. The summed E-state index contributed by atoms with van der Waals surface area (Å²) in [5.41, 5.74) is 6.02. The quantitative estimate of drug-likeness (QED) is 0.374. The second kappa shape index (κ2) is 4.15. The number of hydrogen-bond acceptors (Lipinski definition) is 2. The topological polar surface area (TPSA) is 86.1 Å². The fourth-order valence-electron chi connectivity index (χ4n) is 1.06. The second-order valence-corrected chi connectivity index (χ2v) is 2.88. The number of carbonyl (C=O) groups is 1. The lowest BCUT2D eigenvalue weighted by atomic mass is 9.79. The van der Waals surface area contributed by atoms with Crippen LogP contribution in [0.5, 0.6) is 0 Å². The van der Waals surface area contributed by atoms with Gasteiger partial charge in [-0.1, -0.05) is 17.2 Å². The SMILES string of the molecule is [N-]=[N+]=Nc1cc(C(=O)O)cc([B-](F)(F)F)c1. The van der Waals surface area contributed by atoms with Gasteiger partial charge in [-0.15, -0.1) is 5.46 Å². The van der Waals surface area contributed by atoms with E-state index in [0.717, 1.165) is 6.07 Å². The molecule has 0 aliphatic rings. The fraction of sp³-hybridized carbons (Fsp3) is 0. The standard InChI is InChI=1S/C7H4BF3N3O2/c9-8(10,11)5-1-4(7(15)16)2-6(3-5)13-14-12/h1-3H,(H,15,16)/q-1. The van der Waals surface area contributed by atoms with Gasteiger partial charge in [-0.05, 0) is 11.6 Å². The van der Waals surface area contributed by atoms with Gasteiger partial charge < -0.3 is 18.1 Å². The summed E-state index contributed by atoms with van der Waals surface area (Å²) in [6, 6.07) is 1.97. The normalized spacial score (nSPS) is 10.7. The van der Waals surface area contributed by atoms with Crippen molar-refractivity contribution in [1.29, 1.82) is 0 Å². The van der Waals surface area contributed by atoms with Crippen molar-refractivity contribution in [3.63, 3.8) is 0 Å². The van der Waals surface area contributed by atoms with E-state index in [-0.39, 0.29) is 5.69 Å². The van der Waals surface area contributed by atoms with E-state index in [0.29, 0.717) is 12.1 Å². The molecular weight excluding hydrogens is 226 g/mol. The molecule has 84 valence electrons. The molecule has 0 unspecified atom stereocenters. The first-order valence-electron chi connectivity index (χ1n) is 3.98. The highest BCUT2D eigenvalue weighted by molar-refractivity contribution is 6.73. The molecule has 9 heteroatoms. The summed E-state index contributed by atoms with van der Waals surface area (Å²) >= 11 is 0. The molecule has 0 aromatic heterocycles. The van der Waals surface area contributed by atoms with Crippen LogP contribution < -0.4 is 5.46 Å². The van der Waals surface area contributed by atoms with Crippen LogP contribution in [0.15, 0.2) is 23.3 Å². The van der Waals surface area contributed by atoms with Crippen LogP contribution in [0.4, 0.5) is 18.6 Å². The van der Waals surface area contributed by atoms with E-state index >= 15 is 0 Å². The molecule has 0 heterocycles. The molecule has 0 aliphatic carbocycles. The largest absolute Gasteiger partial charge is 0.509 e. The lowest BCUT2D eigenvalue weighted by molar-refractivity contribution is 0.0697. The van der Waals surface area contributed by atoms with Gasteiger partial charge in [-0.25, -0.2) is 4.79 Å². The van der Waals surface area contributed by atoms with Crippen LogP contribution in [0, 0.1) is 0 Å². The summed E-state index contributed by atoms with van der Waals surface area (Å²) in [5, 5.41) is 11.5. The Morgan fingerprint density at radius 1 is 1.38 bits per heavy atom. The summed E-state index contributed by atoms with van der Waals surface area (Å²) < 4.78 is 37.2. The molecule has 5 nitrogen and oxygen atoms in total. The van der Waals surface area contributed by atoms with Crippen molar-refractivity contribution in [3.05, 3.63) is 34.2 Å². The van der Waals surface area contributed by atoms with E-state index < -0.39 is 24.0 Å². The average Bonchev–Trinajstić information content (AvgIpc) is 2.16.